The minimum absolute atomic E-state index is 0. The van der Waals surface area contributed by atoms with Crippen LogP contribution in [0.3, 0.4) is 0 Å². The van der Waals surface area contributed by atoms with Gasteiger partial charge in [-0.3, -0.25) is 20.0 Å². The van der Waals surface area contributed by atoms with Gasteiger partial charge in [-0.05, 0) is 145 Å². The fourth-order valence-electron chi connectivity index (χ4n) is 5.47. The van der Waals surface area contributed by atoms with Crippen molar-refractivity contribution in [2.75, 3.05) is 0 Å². The maximum absolute atomic E-state index is 4.80. The van der Waals surface area contributed by atoms with Crippen LogP contribution in [0, 0.1) is 34.6 Å². The fourth-order valence-corrected chi connectivity index (χ4v) is 5.47. The van der Waals surface area contributed by atoms with Crippen LogP contribution in [0.15, 0.2) is 95.2 Å². The monoisotopic (exact) mass is 820 g/mol. The Morgan fingerprint density at radius 1 is 0.542 bits per heavy atom. The molecule has 0 bridgehead atoms. The van der Waals surface area contributed by atoms with Gasteiger partial charge >= 0.3 is 0 Å². The van der Waals surface area contributed by atoms with Crippen molar-refractivity contribution in [3.8, 4) is 22.3 Å². The van der Waals surface area contributed by atoms with E-state index in [0.29, 0.717) is 5.92 Å². The summed E-state index contributed by atoms with van der Waals surface area (Å²) in [4.78, 5) is 18.4. The molecule has 48 heavy (non-hydrogen) atoms. The van der Waals surface area contributed by atoms with E-state index in [2.05, 4.69) is 94.8 Å². The van der Waals surface area contributed by atoms with Crippen molar-refractivity contribution in [1.82, 2.24) is 9.97 Å². The van der Waals surface area contributed by atoms with Crippen LogP contribution in [0.1, 0.15) is 64.5 Å². The molecule has 2 aromatic heterocycles. The molecule has 0 saturated carbocycles. The SMILES string of the molecule is Cc1cc(-c2cc(C(C)C)cc(-c3cc(C)c(N=Cc4ccccn4)c(C)c3)c2C)cc(C)c1N=Cc1ccccn1.Cl.Cl.Cl.Cl.[Cu].[Cu]. The van der Waals surface area contributed by atoms with Crippen molar-refractivity contribution in [2.45, 2.75) is 54.4 Å². The molecule has 2 heterocycles. The van der Waals surface area contributed by atoms with E-state index >= 15 is 0 Å². The van der Waals surface area contributed by atoms with Crippen molar-refractivity contribution in [1.29, 1.82) is 0 Å². The van der Waals surface area contributed by atoms with Crippen LogP contribution in [0.4, 0.5) is 11.4 Å². The van der Waals surface area contributed by atoms with E-state index in [0.717, 1.165) is 45.0 Å². The Balaban J connectivity index is 0. The molecule has 0 saturated heterocycles. The largest absolute Gasteiger partial charge is 0.255 e. The first-order chi connectivity index (χ1) is 20.2. The zero-order chi connectivity index (χ0) is 29.8. The van der Waals surface area contributed by atoms with E-state index in [-0.39, 0.29) is 83.8 Å². The molecule has 0 aliphatic rings. The molecular weight excluding hydrogens is 781 g/mol. The van der Waals surface area contributed by atoms with E-state index in [1.807, 2.05) is 48.8 Å². The van der Waals surface area contributed by atoms with Gasteiger partial charge in [0.1, 0.15) is 0 Å². The molecule has 0 fully saturated rings. The summed E-state index contributed by atoms with van der Waals surface area (Å²) in [5, 5.41) is 0. The van der Waals surface area contributed by atoms with Crippen LogP contribution < -0.4 is 0 Å². The van der Waals surface area contributed by atoms with Crippen molar-refractivity contribution in [3.05, 3.63) is 130 Å². The number of benzene rings is 3. The number of hydrogen-bond acceptors (Lipinski definition) is 4. The summed E-state index contributed by atoms with van der Waals surface area (Å²) in [6, 6.07) is 25.5. The zero-order valence-electron chi connectivity index (χ0n) is 27.8. The van der Waals surface area contributed by atoms with Gasteiger partial charge in [-0.25, -0.2) is 0 Å². The third-order valence-electron chi connectivity index (χ3n) is 7.73. The second kappa shape index (κ2) is 21.6. The maximum Gasteiger partial charge on any atom is 0.0812 e. The standard InChI is InChI=1S/C38H38N4.4ClH.2Cu/c1-24(2)30-20-35(31-16-25(3)37(26(4)17-31)41-22-33-12-8-10-14-39-33)29(7)36(21-30)32-18-27(5)38(28(6)19-32)42-23-34-13-9-11-15-40-34;;;;;;/h8-24H,1-7H3;4*1H;;. The number of aliphatic imine (C=N–C) groups is 2. The quantitative estimate of drug-likeness (QED) is 0.121. The van der Waals surface area contributed by atoms with E-state index in [1.54, 1.807) is 12.4 Å². The van der Waals surface area contributed by atoms with Crippen LogP contribution in [0.25, 0.3) is 22.3 Å². The molecule has 0 unspecified atom stereocenters. The van der Waals surface area contributed by atoms with Crippen molar-refractivity contribution >= 4 is 73.4 Å². The molecule has 0 amide bonds. The Bertz CT molecular complexity index is 1640. The zero-order valence-corrected chi connectivity index (χ0v) is 33.0. The minimum atomic E-state index is 0. The molecule has 0 spiro atoms. The van der Waals surface area contributed by atoms with Crippen LogP contribution >= 0.6 is 49.6 Å². The van der Waals surface area contributed by atoms with E-state index in [9.17, 15) is 0 Å². The van der Waals surface area contributed by atoms with Gasteiger partial charge in [-0.15, -0.1) is 49.6 Å². The van der Waals surface area contributed by atoms with E-state index in [4.69, 9.17) is 9.98 Å². The Hall–Kier alpha value is -2.50. The fraction of sp³-hybridized carbons (Fsp3) is 0.211. The number of aryl methyl sites for hydroxylation is 4. The molecule has 10 heteroatoms. The summed E-state index contributed by atoms with van der Waals surface area (Å²) in [5.74, 6) is 0.400. The Morgan fingerprint density at radius 2 is 0.896 bits per heavy atom. The number of aromatic nitrogens is 2. The maximum atomic E-state index is 4.80. The summed E-state index contributed by atoms with van der Waals surface area (Å²) in [5.41, 5.74) is 15.8. The van der Waals surface area contributed by atoms with Crippen molar-refractivity contribution in [2.24, 2.45) is 9.98 Å². The molecule has 4 nitrogen and oxygen atoms in total. The molecule has 2 radical (unpaired) electrons. The molecule has 5 rings (SSSR count). The minimum Gasteiger partial charge on any atom is -0.255 e. The second-order valence-electron chi connectivity index (χ2n) is 11.3. The molecule has 264 valence electrons. The van der Waals surface area contributed by atoms with Crippen molar-refractivity contribution in [3.63, 3.8) is 0 Å². The second-order valence-corrected chi connectivity index (χ2v) is 11.3. The average molecular weight is 824 g/mol. The number of halogens is 4. The first kappa shape index (κ1) is 47.6. The number of nitrogens with zero attached hydrogens (tertiary/aromatic N) is 4. The summed E-state index contributed by atoms with van der Waals surface area (Å²) in [6.07, 6.45) is 7.26. The van der Waals surface area contributed by atoms with Gasteiger partial charge < -0.3 is 0 Å². The average Bonchev–Trinajstić information content (AvgIpc) is 2.97. The van der Waals surface area contributed by atoms with Gasteiger partial charge in [0, 0.05) is 46.5 Å². The van der Waals surface area contributed by atoms with E-state index < -0.39 is 0 Å². The van der Waals surface area contributed by atoms with Gasteiger partial charge in [-0.2, -0.15) is 0 Å². The predicted octanol–water partition coefficient (Wildman–Crippen LogP) is 11.7. The van der Waals surface area contributed by atoms with Crippen LogP contribution in [-0.2, 0) is 34.1 Å². The molecule has 0 N–H and O–H groups in total. The molecule has 3 aromatic carbocycles. The first-order valence-electron chi connectivity index (χ1n) is 14.5. The molecule has 5 aromatic rings. The first-order valence-corrected chi connectivity index (χ1v) is 14.5. The predicted molar refractivity (Wildman–Crippen MR) is 207 cm³/mol. The molecule has 0 aliphatic carbocycles. The topological polar surface area (TPSA) is 50.5 Å². The molecular formula is C38H42Cl4Cu2N4. The van der Waals surface area contributed by atoms with Crippen molar-refractivity contribution < 1.29 is 34.1 Å². The summed E-state index contributed by atoms with van der Waals surface area (Å²) in [7, 11) is 0. The summed E-state index contributed by atoms with van der Waals surface area (Å²) in [6.45, 7) is 15.3. The van der Waals surface area contributed by atoms with Gasteiger partial charge in [0.25, 0.3) is 0 Å². The van der Waals surface area contributed by atoms with Gasteiger partial charge in [0.05, 0.1) is 35.2 Å². The molecule has 0 atom stereocenters. The third-order valence-corrected chi connectivity index (χ3v) is 7.73. The smallest absolute Gasteiger partial charge is 0.0812 e. The van der Waals surface area contributed by atoms with Crippen LogP contribution in [0.2, 0.25) is 0 Å². The van der Waals surface area contributed by atoms with Gasteiger partial charge in [0.15, 0.2) is 0 Å². The number of hydrogen-bond donors (Lipinski definition) is 0. The summed E-state index contributed by atoms with van der Waals surface area (Å²) >= 11 is 0. The Morgan fingerprint density at radius 3 is 1.19 bits per heavy atom. The molecule has 0 aliphatic heterocycles. The third kappa shape index (κ3) is 11.3. The van der Waals surface area contributed by atoms with E-state index in [1.165, 1.54) is 33.4 Å². The Labute approximate surface area is 331 Å². The van der Waals surface area contributed by atoms with Crippen LogP contribution in [-0.4, -0.2) is 22.4 Å². The normalized spacial score (nSPS) is 10.2. The summed E-state index contributed by atoms with van der Waals surface area (Å²) < 4.78 is 0. The number of pyridine rings is 2. The number of rotatable bonds is 7. The van der Waals surface area contributed by atoms with Gasteiger partial charge in [0.2, 0.25) is 0 Å². The van der Waals surface area contributed by atoms with Crippen LogP contribution in [0.5, 0.6) is 0 Å². The van der Waals surface area contributed by atoms with Gasteiger partial charge in [-0.1, -0.05) is 38.1 Å². The Kier molecular flexibility index (Phi) is 21.4.